The SMILES string of the molecule is CCOC(CBr)OCC.CCOC(CC#N)OCC.NC(N)=O.Nc1[nH]c(=O)ncc1F.Nc1ccnc(=O)[nH]1.[C-]#N.[Na+]. The number of aromatic amines is 2. The molecule has 0 spiro atoms. The second kappa shape index (κ2) is 36.9. The van der Waals surface area contributed by atoms with Crippen molar-refractivity contribution in [2.45, 2.75) is 46.7 Å². The molecule has 0 fully saturated rings. The van der Waals surface area contributed by atoms with Gasteiger partial charge in [-0.15, -0.1) is 0 Å². The number of nitrogen functional groups attached to an aromatic ring is 2. The van der Waals surface area contributed by atoms with Crippen molar-refractivity contribution < 1.29 is 57.7 Å². The van der Waals surface area contributed by atoms with Gasteiger partial charge in [-0.2, -0.15) is 10.2 Å². The number of amides is 2. The van der Waals surface area contributed by atoms with E-state index in [0.29, 0.717) is 38.7 Å². The topological polar surface area (TPSA) is 297 Å². The Bertz CT molecular complexity index is 1090. The number of hydrogen-bond acceptors (Lipinski definition) is 13. The summed E-state index contributed by atoms with van der Waals surface area (Å²) in [6, 6.07) is 2.67. The summed E-state index contributed by atoms with van der Waals surface area (Å²) in [6.45, 7) is 15.0. The van der Waals surface area contributed by atoms with Crippen LogP contribution in [0.15, 0.2) is 28.0 Å². The third-order valence-electron chi connectivity index (χ3n) is 3.29. The van der Waals surface area contributed by atoms with E-state index >= 15 is 0 Å². The molecule has 0 bridgehead atoms. The summed E-state index contributed by atoms with van der Waals surface area (Å²) < 4.78 is 32.6. The van der Waals surface area contributed by atoms with Crippen molar-refractivity contribution in [1.82, 2.24) is 19.9 Å². The quantitative estimate of drug-likeness (QED) is 0.0685. The fourth-order valence-corrected chi connectivity index (χ4v) is 2.27. The predicted molar refractivity (Wildman–Crippen MR) is 155 cm³/mol. The molecule has 43 heavy (non-hydrogen) atoms. The number of nitrogens with zero attached hydrogens (tertiary/aromatic N) is 4. The van der Waals surface area contributed by atoms with Gasteiger partial charge in [0.25, 0.3) is 0 Å². The maximum absolute atomic E-state index is 12.1. The van der Waals surface area contributed by atoms with E-state index in [4.69, 9.17) is 52.3 Å². The number of carbonyl (C=O) groups is 1. The van der Waals surface area contributed by atoms with E-state index < -0.39 is 23.2 Å². The molecule has 0 aliphatic heterocycles. The molecular weight excluding hydrogens is 650 g/mol. The number of carbonyl (C=O) groups excluding carboxylic acids is 1. The maximum atomic E-state index is 12.1. The first-order chi connectivity index (χ1) is 19.9. The zero-order valence-electron chi connectivity index (χ0n) is 24.8. The molecule has 238 valence electrons. The number of anilines is 2. The molecule has 0 saturated heterocycles. The summed E-state index contributed by atoms with van der Waals surface area (Å²) in [6.07, 6.45) is 2.03. The number of urea groups is 1. The number of halogens is 2. The van der Waals surface area contributed by atoms with Crippen LogP contribution in [0.25, 0.3) is 0 Å². The van der Waals surface area contributed by atoms with Crippen molar-refractivity contribution in [1.29, 1.82) is 10.5 Å². The minimum absolute atomic E-state index is 0. The van der Waals surface area contributed by atoms with Crippen LogP contribution in [0.2, 0.25) is 0 Å². The van der Waals surface area contributed by atoms with Gasteiger partial charge in [0.2, 0.25) is 0 Å². The molecule has 2 amide bonds. The van der Waals surface area contributed by atoms with E-state index in [1.165, 1.54) is 12.3 Å². The largest absolute Gasteiger partial charge is 1.00 e. The van der Waals surface area contributed by atoms with Crippen molar-refractivity contribution in [3.63, 3.8) is 0 Å². The van der Waals surface area contributed by atoms with Gasteiger partial charge in [-0.3, -0.25) is 9.97 Å². The van der Waals surface area contributed by atoms with Crippen LogP contribution < -0.4 is 63.9 Å². The van der Waals surface area contributed by atoms with Gasteiger partial charge in [0, 0.05) is 32.6 Å². The second-order valence-electron chi connectivity index (χ2n) is 6.38. The van der Waals surface area contributed by atoms with Crippen molar-refractivity contribution in [2.75, 3.05) is 43.2 Å². The zero-order chi connectivity index (χ0) is 33.3. The number of rotatable bonds is 10. The van der Waals surface area contributed by atoms with Crippen LogP contribution in [0, 0.1) is 29.0 Å². The molecule has 0 radical (unpaired) electrons. The maximum Gasteiger partial charge on any atom is 1.00 e. The fraction of sp³-hybridized carbons (Fsp3) is 0.522. The minimum atomic E-state index is -0.833. The molecule has 0 saturated carbocycles. The van der Waals surface area contributed by atoms with Crippen LogP contribution in [0.5, 0.6) is 0 Å². The number of ether oxygens (including phenoxy) is 4. The fourth-order valence-electron chi connectivity index (χ4n) is 1.90. The van der Waals surface area contributed by atoms with Gasteiger partial charge in [0.1, 0.15) is 11.6 Å². The summed E-state index contributed by atoms with van der Waals surface area (Å²) in [4.78, 5) is 40.2. The molecule has 0 aromatic carbocycles. The molecule has 10 N–H and O–H groups in total. The number of alkyl halides is 1. The van der Waals surface area contributed by atoms with Crippen LogP contribution in [0.3, 0.4) is 0 Å². The Labute approximate surface area is 279 Å². The first-order valence-corrected chi connectivity index (χ1v) is 13.0. The summed E-state index contributed by atoms with van der Waals surface area (Å²) in [7, 11) is 0. The first-order valence-electron chi connectivity index (χ1n) is 11.9. The molecule has 0 atom stereocenters. The molecule has 2 aromatic heterocycles. The molecule has 0 unspecified atom stereocenters. The second-order valence-corrected chi connectivity index (χ2v) is 7.03. The molecule has 0 aliphatic rings. The van der Waals surface area contributed by atoms with Gasteiger partial charge in [-0.1, -0.05) is 15.9 Å². The molecule has 2 rings (SSSR count). The Kier molecular flexibility index (Phi) is 42.5. The Hall–Kier alpha value is -3.14. The number of hydrogen-bond donors (Lipinski definition) is 6. The van der Waals surface area contributed by atoms with Gasteiger partial charge in [0.05, 0.1) is 24.0 Å². The smallest absolute Gasteiger partial charge is 0.512 e. The number of primary amides is 2. The van der Waals surface area contributed by atoms with E-state index in [1.807, 2.05) is 38.7 Å². The zero-order valence-corrected chi connectivity index (χ0v) is 28.4. The Balaban J connectivity index is -0.000000140. The molecule has 2 heterocycles. The summed E-state index contributed by atoms with van der Waals surface area (Å²) in [5, 5.41) is 15.3. The van der Waals surface area contributed by atoms with E-state index in [9.17, 15) is 14.0 Å². The predicted octanol–water partition coefficient (Wildman–Crippen LogP) is -1.95. The first kappa shape index (κ1) is 49.5. The Morgan fingerprint density at radius 1 is 0.977 bits per heavy atom. The third-order valence-corrected chi connectivity index (χ3v) is 3.81. The normalized spacial score (nSPS) is 8.77. The minimum Gasteiger partial charge on any atom is -0.512 e. The van der Waals surface area contributed by atoms with E-state index in [0.717, 1.165) is 11.5 Å². The molecule has 0 aliphatic carbocycles. The average Bonchev–Trinajstić information content (AvgIpc) is 2.93. The monoisotopic (exact) mass is 688 g/mol. The Morgan fingerprint density at radius 2 is 1.40 bits per heavy atom. The van der Waals surface area contributed by atoms with Crippen molar-refractivity contribution in [3.05, 3.63) is 51.8 Å². The molecule has 17 nitrogen and oxygen atoms in total. The molecule has 2 aromatic rings. The number of aromatic nitrogens is 4. The van der Waals surface area contributed by atoms with E-state index in [2.05, 4.69) is 42.3 Å². The van der Waals surface area contributed by atoms with Crippen LogP contribution in [-0.2, 0) is 18.9 Å². The van der Waals surface area contributed by atoms with Crippen molar-refractivity contribution >= 4 is 33.6 Å². The number of H-pyrrole nitrogens is 2. The standard InChI is InChI=1S/C7H13NO2.C6H13BrO2.C4H4FN3O.C4H5N3O.CH4N2O.CN.Na/c1-3-9-7(5-6-8)10-4-2;1-3-8-6(5-7)9-4-2;5-2-1-7-4(9)8-3(2)6;5-3-1-2-6-4(8)7-3;2-1(3)4;1-2;/h7H,3-5H2,1-2H3;6H,3-5H2,1-2H3;1H,(H3,6,7,8,9);1-2H,(H3,5,6,7,8);(H4,2,3,4);;/q;;;;;-1;+1. The van der Waals surface area contributed by atoms with Gasteiger partial charge >= 0.3 is 47.0 Å². The van der Waals surface area contributed by atoms with Crippen LogP contribution >= 0.6 is 15.9 Å². The third kappa shape index (κ3) is 38.9. The molecular formula is C23H39BrFN10NaO7. The van der Waals surface area contributed by atoms with Gasteiger partial charge < -0.3 is 53.7 Å². The number of nitrogens with one attached hydrogen (secondary N) is 2. The van der Waals surface area contributed by atoms with E-state index in [-0.39, 0.29) is 48.0 Å². The number of nitriles is 1. The van der Waals surface area contributed by atoms with Crippen molar-refractivity contribution in [3.8, 4) is 6.07 Å². The van der Waals surface area contributed by atoms with Crippen LogP contribution in [0.4, 0.5) is 20.8 Å². The van der Waals surface area contributed by atoms with Gasteiger partial charge in [-0.05, 0) is 33.8 Å². The van der Waals surface area contributed by atoms with Gasteiger partial charge in [-0.25, -0.2) is 23.8 Å². The summed E-state index contributed by atoms with van der Waals surface area (Å²) in [5.74, 6) is -0.658. The average molecular weight is 690 g/mol. The van der Waals surface area contributed by atoms with E-state index in [1.54, 1.807) is 0 Å². The van der Waals surface area contributed by atoms with Crippen LogP contribution in [0.1, 0.15) is 34.1 Å². The summed E-state index contributed by atoms with van der Waals surface area (Å²) in [5.41, 5.74) is 17.6. The Morgan fingerprint density at radius 3 is 1.67 bits per heavy atom. The number of nitrogens with two attached hydrogens (primary N) is 4. The van der Waals surface area contributed by atoms with Gasteiger partial charge in [0.15, 0.2) is 18.4 Å². The van der Waals surface area contributed by atoms with Crippen LogP contribution in [-0.4, -0.2) is 70.3 Å². The summed E-state index contributed by atoms with van der Waals surface area (Å²) >= 11 is 3.27. The van der Waals surface area contributed by atoms with Crippen molar-refractivity contribution in [2.24, 2.45) is 11.5 Å². The molecule has 20 heteroatoms.